The molecule has 0 aliphatic carbocycles. The Morgan fingerprint density at radius 1 is 1.05 bits per heavy atom. The van der Waals surface area contributed by atoms with E-state index in [9.17, 15) is 4.39 Å². The summed E-state index contributed by atoms with van der Waals surface area (Å²) in [5, 5.41) is 3.15. The Labute approximate surface area is 112 Å². The lowest BCUT2D eigenvalue weighted by molar-refractivity contribution is 0.399. The Bertz CT molecular complexity index is 558. The minimum absolute atomic E-state index is 0.261. The summed E-state index contributed by atoms with van der Waals surface area (Å²) in [6, 6.07) is 11.9. The average molecular weight is 261 g/mol. The number of hydrogen-bond acceptors (Lipinski definition) is 3. The molecule has 0 unspecified atom stereocenters. The van der Waals surface area contributed by atoms with E-state index in [1.165, 1.54) is 12.1 Å². The quantitative estimate of drug-likeness (QED) is 0.894. The molecule has 0 aliphatic rings. The van der Waals surface area contributed by atoms with Crippen LogP contribution in [0.3, 0.4) is 0 Å². The van der Waals surface area contributed by atoms with Gasteiger partial charge in [-0.1, -0.05) is 6.07 Å². The second-order valence-electron chi connectivity index (χ2n) is 4.04. The molecule has 2 rings (SSSR count). The summed E-state index contributed by atoms with van der Waals surface area (Å²) in [5.41, 5.74) is 1.68. The number of rotatable bonds is 5. The molecule has 0 radical (unpaired) electrons. The zero-order valence-corrected chi connectivity index (χ0v) is 10.9. The van der Waals surface area contributed by atoms with Crippen LogP contribution in [0.15, 0.2) is 42.5 Å². The van der Waals surface area contributed by atoms with Gasteiger partial charge in [-0.2, -0.15) is 0 Å². The summed E-state index contributed by atoms with van der Waals surface area (Å²) in [6.07, 6.45) is 0. The van der Waals surface area contributed by atoms with Gasteiger partial charge >= 0.3 is 0 Å². The van der Waals surface area contributed by atoms with Gasteiger partial charge in [-0.15, -0.1) is 0 Å². The smallest absolute Gasteiger partial charge is 0.125 e. The Kier molecular flexibility index (Phi) is 4.23. The van der Waals surface area contributed by atoms with E-state index in [0.717, 1.165) is 22.7 Å². The molecule has 0 atom stereocenters. The van der Waals surface area contributed by atoms with E-state index in [1.807, 2.05) is 24.3 Å². The van der Waals surface area contributed by atoms with Gasteiger partial charge in [0.25, 0.3) is 0 Å². The molecule has 0 bridgehead atoms. The normalized spacial score (nSPS) is 10.1. The Balaban J connectivity index is 2.14. The number of halogens is 1. The van der Waals surface area contributed by atoms with Crippen LogP contribution in [0, 0.1) is 5.82 Å². The van der Waals surface area contributed by atoms with Gasteiger partial charge in [-0.3, -0.25) is 0 Å². The molecule has 2 aromatic rings. The number of hydrogen-bond donors (Lipinski definition) is 1. The van der Waals surface area contributed by atoms with Crippen LogP contribution in [0.4, 0.5) is 10.1 Å². The van der Waals surface area contributed by atoms with Crippen molar-refractivity contribution in [2.75, 3.05) is 19.5 Å². The van der Waals surface area contributed by atoms with Gasteiger partial charge in [0.2, 0.25) is 0 Å². The van der Waals surface area contributed by atoms with E-state index in [-0.39, 0.29) is 5.82 Å². The number of benzene rings is 2. The first-order valence-electron chi connectivity index (χ1n) is 5.93. The zero-order valence-electron chi connectivity index (χ0n) is 10.9. The maximum atomic E-state index is 13.1. The topological polar surface area (TPSA) is 30.5 Å². The molecule has 0 saturated carbocycles. The third kappa shape index (κ3) is 3.37. The predicted octanol–water partition coefficient (Wildman–Crippen LogP) is 3.46. The monoisotopic (exact) mass is 261 g/mol. The van der Waals surface area contributed by atoms with Gasteiger partial charge in [-0.25, -0.2) is 4.39 Å². The van der Waals surface area contributed by atoms with Crippen molar-refractivity contribution in [3.8, 4) is 11.5 Å². The second-order valence-corrected chi connectivity index (χ2v) is 4.04. The maximum absolute atomic E-state index is 13.1. The number of nitrogens with one attached hydrogen (secondary N) is 1. The average Bonchev–Trinajstić information content (AvgIpc) is 2.45. The van der Waals surface area contributed by atoms with Crippen molar-refractivity contribution in [1.82, 2.24) is 0 Å². The van der Waals surface area contributed by atoms with Crippen LogP contribution in [0.2, 0.25) is 0 Å². The van der Waals surface area contributed by atoms with E-state index >= 15 is 0 Å². The minimum atomic E-state index is -0.261. The third-order valence-electron chi connectivity index (χ3n) is 2.80. The van der Waals surface area contributed by atoms with Crippen molar-refractivity contribution in [3.63, 3.8) is 0 Å². The Morgan fingerprint density at radius 3 is 2.58 bits per heavy atom. The lowest BCUT2D eigenvalue weighted by atomic mass is 10.2. The van der Waals surface area contributed by atoms with Crippen LogP contribution in [0.25, 0.3) is 0 Å². The summed E-state index contributed by atoms with van der Waals surface area (Å²) >= 11 is 0. The van der Waals surface area contributed by atoms with Crippen molar-refractivity contribution >= 4 is 5.69 Å². The summed E-state index contributed by atoms with van der Waals surface area (Å²) in [5.74, 6) is 1.27. The molecule has 2 aromatic carbocycles. The maximum Gasteiger partial charge on any atom is 0.125 e. The molecule has 0 aromatic heterocycles. The number of methoxy groups -OCH3 is 2. The van der Waals surface area contributed by atoms with Gasteiger partial charge in [0.05, 0.1) is 14.2 Å². The first-order chi connectivity index (χ1) is 9.22. The highest BCUT2D eigenvalue weighted by Gasteiger charge is 2.05. The predicted molar refractivity (Wildman–Crippen MR) is 73.3 cm³/mol. The number of ether oxygens (including phenoxy) is 2. The lowest BCUT2D eigenvalue weighted by Gasteiger charge is -2.12. The van der Waals surface area contributed by atoms with Gasteiger partial charge < -0.3 is 14.8 Å². The molecule has 3 nitrogen and oxygen atoms in total. The summed E-state index contributed by atoms with van der Waals surface area (Å²) < 4.78 is 23.5. The standard InChI is InChI=1S/C15H16FNO2/c1-18-14-6-7-15(19-2)11(8-14)10-17-13-5-3-4-12(16)9-13/h3-9,17H,10H2,1-2H3. The van der Waals surface area contributed by atoms with Crippen LogP contribution < -0.4 is 14.8 Å². The van der Waals surface area contributed by atoms with Crippen molar-refractivity contribution in [1.29, 1.82) is 0 Å². The molecule has 0 aliphatic heterocycles. The van der Waals surface area contributed by atoms with Crippen LogP contribution >= 0.6 is 0 Å². The molecule has 0 heterocycles. The molecule has 4 heteroatoms. The van der Waals surface area contributed by atoms with Crippen molar-refractivity contribution in [3.05, 3.63) is 53.8 Å². The van der Waals surface area contributed by atoms with Crippen LogP contribution in [0.5, 0.6) is 11.5 Å². The molecule has 0 amide bonds. The number of anilines is 1. The van der Waals surface area contributed by atoms with Crippen LogP contribution in [0.1, 0.15) is 5.56 Å². The van der Waals surface area contributed by atoms with Gasteiger partial charge in [0.15, 0.2) is 0 Å². The molecular formula is C15H16FNO2. The van der Waals surface area contributed by atoms with E-state index < -0.39 is 0 Å². The van der Waals surface area contributed by atoms with E-state index in [2.05, 4.69) is 5.32 Å². The van der Waals surface area contributed by atoms with Crippen molar-refractivity contribution < 1.29 is 13.9 Å². The van der Waals surface area contributed by atoms with Gasteiger partial charge in [0.1, 0.15) is 17.3 Å². The van der Waals surface area contributed by atoms with E-state index in [1.54, 1.807) is 20.3 Å². The Morgan fingerprint density at radius 2 is 1.89 bits per heavy atom. The van der Waals surface area contributed by atoms with E-state index in [0.29, 0.717) is 6.54 Å². The van der Waals surface area contributed by atoms with E-state index in [4.69, 9.17) is 9.47 Å². The molecule has 0 spiro atoms. The lowest BCUT2D eigenvalue weighted by Crippen LogP contribution is -2.02. The minimum Gasteiger partial charge on any atom is -0.497 e. The van der Waals surface area contributed by atoms with Gasteiger partial charge in [0, 0.05) is 17.8 Å². The largest absolute Gasteiger partial charge is 0.497 e. The molecule has 1 N–H and O–H groups in total. The van der Waals surface area contributed by atoms with Crippen molar-refractivity contribution in [2.45, 2.75) is 6.54 Å². The fourth-order valence-corrected chi connectivity index (χ4v) is 1.82. The summed E-state index contributed by atoms with van der Waals surface area (Å²) in [6.45, 7) is 0.532. The second kappa shape index (κ2) is 6.09. The van der Waals surface area contributed by atoms with Crippen LogP contribution in [-0.4, -0.2) is 14.2 Å². The fraction of sp³-hybridized carbons (Fsp3) is 0.200. The highest BCUT2D eigenvalue weighted by Crippen LogP contribution is 2.24. The molecule has 100 valence electrons. The summed E-state index contributed by atoms with van der Waals surface area (Å²) in [7, 11) is 3.24. The zero-order chi connectivity index (χ0) is 13.7. The summed E-state index contributed by atoms with van der Waals surface area (Å²) in [4.78, 5) is 0. The Hall–Kier alpha value is -2.23. The molecular weight excluding hydrogens is 245 g/mol. The molecule has 19 heavy (non-hydrogen) atoms. The van der Waals surface area contributed by atoms with Crippen LogP contribution in [-0.2, 0) is 6.54 Å². The fourth-order valence-electron chi connectivity index (χ4n) is 1.82. The molecule has 0 saturated heterocycles. The van der Waals surface area contributed by atoms with Crippen molar-refractivity contribution in [2.24, 2.45) is 0 Å². The highest BCUT2D eigenvalue weighted by atomic mass is 19.1. The third-order valence-corrected chi connectivity index (χ3v) is 2.80. The SMILES string of the molecule is COc1ccc(OC)c(CNc2cccc(F)c2)c1. The van der Waals surface area contributed by atoms with Gasteiger partial charge in [-0.05, 0) is 36.4 Å². The first kappa shape index (κ1) is 13.2. The highest BCUT2D eigenvalue weighted by molar-refractivity contribution is 5.47. The first-order valence-corrected chi connectivity index (χ1v) is 5.93. The molecule has 0 fully saturated rings.